The molecule has 0 radical (unpaired) electrons. The summed E-state index contributed by atoms with van der Waals surface area (Å²) in [7, 11) is 3.22. The van der Waals surface area contributed by atoms with Gasteiger partial charge in [-0.2, -0.15) is 0 Å². The summed E-state index contributed by atoms with van der Waals surface area (Å²) in [4.78, 5) is 13.5. The third kappa shape index (κ3) is 7.84. The molecule has 5 heteroatoms. The number of rotatable bonds is 5. The highest BCUT2D eigenvalue weighted by Crippen LogP contribution is 2.19. The van der Waals surface area contributed by atoms with E-state index in [-0.39, 0.29) is 0 Å². The summed E-state index contributed by atoms with van der Waals surface area (Å²) < 4.78 is 0. The SMILES string of the molecule is CCSSCN=CC(=O)O. The molecule has 0 amide bonds. The Kier molecular flexibility index (Phi) is 6.84. The predicted molar refractivity (Wildman–Crippen MR) is 46.7 cm³/mol. The van der Waals surface area contributed by atoms with Crippen LogP contribution in [0.2, 0.25) is 0 Å². The van der Waals surface area contributed by atoms with Crippen molar-refractivity contribution in [3.63, 3.8) is 0 Å². The monoisotopic (exact) mass is 179 g/mol. The average Bonchev–Trinajstić information content (AvgIpc) is 1.87. The number of carboxylic acids is 1. The van der Waals surface area contributed by atoms with Crippen LogP contribution in [0.15, 0.2) is 4.99 Å². The Hall–Kier alpha value is -0.160. The van der Waals surface area contributed by atoms with Crippen LogP contribution in [-0.2, 0) is 4.79 Å². The van der Waals surface area contributed by atoms with Gasteiger partial charge in [0.05, 0.1) is 5.88 Å². The van der Waals surface area contributed by atoms with E-state index in [2.05, 4.69) is 4.99 Å². The quantitative estimate of drug-likeness (QED) is 0.395. The first-order chi connectivity index (χ1) is 4.77. The van der Waals surface area contributed by atoms with E-state index in [9.17, 15) is 4.79 Å². The maximum absolute atomic E-state index is 9.87. The Balaban J connectivity index is 3.10. The molecule has 10 heavy (non-hydrogen) atoms. The Bertz CT molecular complexity index is 127. The lowest BCUT2D eigenvalue weighted by Crippen LogP contribution is -1.94. The summed E-state index contributed by atoms with van der Waals surface area (Å²) in [5.41, 5.74) is 0. The Labute approximate surface area is 67.7 Å². The molecule has 0 bridgehead atoms. The number of carbonyl (C=O) groups is 1. The van der Waals surface area contributed by atoms with Gasteiger partial charge in [0, 0.05) is 5.75 Å². The molecule has 0 aliphatic rings. The second-order valence-corrected chi connectivity index (χ2v) is 4.02. The molecule has 0 aromatic carbocycles. The van der Waals surface area contributed by atoms with Crippen molar-refractivity contribution in [2.24, 2.45) is 4.99 Å². The zero-order chi connectivity index (χ0) is 7.82. The van der Waals surface area contributed by atoms with E-state index in [0.29, 0.717) is 5.88 Å². The summed E-state index contributed by atoms with van der Waals surface area (Å²) in [6.45, 7) is 2.04. The van der Waals surface area contributed by atoms with E-state index < -0.39 is 5.97 Å². The first-order valence-electron chi connectivity index (χ1n) is 2.74. The molecule has 3 nitrogen and oxygen atoms in total. The Morgan fingerprint density at radius 1 is 1.70 bits per heavy atom. The maximum atomic E-state index is 9.87. The highest BCUT2D eigenvalue weighted by atomic mass is 33.1. The molecule has 0 spiro atoms. The zero-order valence-corrected chi connectivity index (χ0v) is 7.24. The van der Waals surface area contributed by atoms with Crippen LogP contribution < -0.4 is 0 Å². The Morgan fingerprint density at radius 3 is 2.90 bits per heavy atom. The molecule has 0 aliphatic carbocycles. The van der Waals surface area contributed by atoms with E-state index in [1.165, 1.54) is 0 Å². The van der Waals surface area contributed by atoms with Crippen LogP contribution in [0.5, 0.6) is 0 Å². The Morgan fingerprint density at radius 2 is 2.40 bits per heavy atom. The van der Waals surface area contributed by atoms with Gasteiger partial charge >= 0.3 is 5.97 Å². The predicted octanol–water partition coefficient (Wildman–Crippen LogP) is 1.50. The molecule has 1 N–H and O–H groups in total. The molecule has 58 valence electrons. The molecular formula is C5H9NO2S2. The van der Waals surface area contributed by atoms with Crippen LogP contribution in [0.3, 0.4) is 0 Å². The zero-order valence-electron chi connectivity index (χ0n) is 5.61. The van der Waals surface area contributed by atoms with E-state index in [4.69, 9.17) is 5.11 Å². The van der Waals surface area contributed by atoms with Crippen molar-refractivity contribution < 1.29 is 9.90 Å². The highest BCUT2D eigenvalue weighted by molar-refractivity contribution is 8.76. The number of hydrogen-bond acceptors (Lipinski definition) is 4. The molecular weight excluding hydrogens is 170 g/mol. The first-order valence-corrected chi connectivity index (χ1v) is 5.23. The fourth-order valence-electron chi connectivity index (χ4n) is 0.266. The van der Waals surface area contributed by atoms with E-state index in [1.54, 1.807) is 21.6 Å². The lowest BCUT2D eigenvalue weighted by molar-refractivity contribution is -0.128. The summed E-state index contributed by atoms with van der Waals surface area (Å²) in [6, 6.07) is 0. The van der Waals surface area contributed by atoms with Crippen LogP contribution in [0.4, 0.5) is 0 Å². The molecule has 0 saturated heterocycles. The fourth-order valence-corrected chi connectivity index (χ4v) is 1.55. The lowest BCUT2D eigenvalue weighted by Gasteiger charge is -1.89. The molecule has 0 fully saturated rings. The molecule has 0 aromatic heterocycles. The molecule has 0 heterocycles. The number of aliphatic imine (C=N–C) groups is 1. The van der Waals surface area contributed by atoms with Gasteiger partial charge in [-0.05, 0) is 0 Å². The summed E-state index contributed by atoms with van der Waals surface area (Å²) in [5.74, 6) is 0.556. The number of carboxylic acid groups (broad SMARTS) is 1. The number of hydrogen-bond donors (Lipinski definition) is 1. The van der Waals surface area contributed by atoms with Gasteiger partial charge in [0.2, 0.25) is 0 Å². The van der Waals surface area contributed by atoms with E-state index in [1.807, 2.05) is 6.92 Å². The van der Waals surface area contributed by atoms with Crippen LogP contribution >= 0.6 is 21.6 Å². The van der Waals surface area contributed by atoms with Crippen molar-refractivity contribution in [1.29, 1.82) is 0 Å². The van der Waals surface area contributed by atoms with Gasteiger partial charge in [0.15, 0.2) is 0 Å². The van der Waals surface area contributed by atoms with Crippen LogP contribution in [0.1, 0.15) is 6.92 Å². The van der Waals surface area contributed by atoms with Crippen molar-refractivity contribution in [2.75, 3.05) is 11.6 Å². The number of nitrogens with zero attached hydrogens (tertiary/aromatic N) is 1. The van der Waals surface area contributed by atoms with Gasteiger partial charge in [-0.25, -0.2) is 4.79 Å². The van der Waals surface area contributed by atoms with Crippen molar-refractivity contribution in [1.82, 2.24) is 0 Å². The average molecular weight is 179 g/mol. The summed E-state index contributed by atoms with van der Waals surface area (Å²) >= 11 is 0. The van der Waals surface area contributed by atoms with Crippen molar-refractivity contribution in [3.05, 3.63) is 0 Å². The molecule has 0 aromatic rings. The molecule has 0 saturated carbocycles. The third-order valence-corrected chi connectivity index (χ3v) is 2.71. The topological polar surface area (TPSA) is 49.7 Å². The first kappa shape index (κ1) is 9.84. The van der Waals surface area contributed by atoms with Gasteiger partial charge in [-0.3, -0.25) is 4.99 Å². The molecule has 0 aliphatic heterocycles. The van der Waals surface area contributed by atoms with Crippen molar-refractivity contribution >= 4 is 33.8 Å². The third-order valence-electron chi connectivity index (χ3n) is 0.530. The standard InChI is InChI=1S/C5H9NO2S2/c1-2-9-10-4-6-3-5(7)8/h3H,2,4H2,1H3,(H,7,8). The smallest absolute Gasteiger partial charge is 0.346 e. The van der Waals surface area contributed by atoms with E-state index in [0.717, 1.165) is 12.0 Å². The van der Waals surface area contributed by atoms with Gasteiger partial charge in [0.25, 0.3) is 0 Å². The van der Waals surface area contributed by atoms with Gasteiger partial charge < -0.3 is 5.11 Å². The van der Waals surface area contributed by atoms with Crippen molar-refractivity contribution in [3.8, 4) is 0 Å². The highest BCUT2D eigenvalue weighted by Gasteiger charge is 1.86. The van der Waals surface area contributed by atoms with Crippen LogP contribution in [0.25, 0.3) is 0 Å². The summed E-state index contributed by atoms with van der Waals surface area (Å²) in [6.07, 6.45) is 0.920. The van der Waals surface area contributed by atoms with Crippen LogP contribution in [0, 0.1) is 0 Å². The molecule has 0 rings (SSSR count). The van der Waals surface area contributed by atoms with Gasteiger partial charge in [0.1, 0.15) is 6.21 Å². The minimum atomic E-state index is -0.984. The van der Waals surface area contributed by atoms with Crippen molar-refractivity contribution in [2.45, 2.75) is 6.92 Å². The minimum absolute atomic E-state index is 0.519. The second kappa shape index (κ2) is 6.95. The van der Waals surface area contributed by atoms with Gasteiger partial charge in [-0.1, -0.05) is 28.5 Å². The maximum Gasteiger partial charge on any atom is 0.346 e. The fraction of sp³-hybridized carbons (Fsp3) is 0.600. The summed E-state index contributed by atoms with van der Waals surface area (Å²) in [5, 5.41) is 8.10. The largest absolute Gasteiger partial charge is 0.477 e. The van der Waals surface area contributed by atoms with Gasteiger partial charge in [-0.15, -0.1) is 0 Å². The molecule has 0 unspecified atom stereocenters. The normalized spacial score (nSPS) is 10.5. The molecule has 0 atom stereocenters. The number of aliphatic carboxylic acids is 1. The van der Waals surface area contributed by atoms with Crippen LogP contribution in [-0.4, -0.2) is 28.9 Å². The second-order valence-electron chi connectivity index (χ2n) is 1.30. The lowest BCUT2D eigenvalue weighted by atomic mass is 10.8. The minimum Gasteiger partial charge on any atom is -0.477 e. The van der Waals surface area contributed by atoms with E-state index >= 15 is 0 Å².